The highest BCUT2D eigenvalue weighted by molar-refractivity contribution is 5.94. The van der Waals surface area contributed by atoms with Gasteiger partial charge in [0, 0.05) is 18.8 Å². The number of ether oxygens (including phenoxy) is 1. The summed E-state index contributed by atoms with van der Waals surface area (Å²) in [6.45, 7) is 0. The molecule has 0 radical (unpaired) electrons. The van der Waals surface area contributed by atoms with Crippen LogP contribution in [0.5, 0.6) is 5.75 Å². The van der Waals surface area contributed by atoms with Crippen LogP contribution in [0.15, 0.2) is 35.3 Å². The molecule has 0 spiro atoms. The van der Waals surface area contributed by atoms with Crippen LogP contribution in [0.3, 0.4) is 0 Å². The highest BCUT2D eigenvalue weighted by Gasteiger charge is 2.15. The summed E-state index contributed by atoms with van der Waals surface area (Å²) in [5.74, 6) is -0.488. The molecule has 2 aromatic rings. The fourth-order valence-electron chi connectivity index (χ4n) is 1.67. The molecule has 1 N–H and O–H groups in total. The van der Waals surface area contributed by atoms with Crippen molar-refractivity contribution < 1.29 is 14.6 Å². The molecule has 2 rings (SSSR count). The van der Waals surface area contributed by atoms with Gasteiger partial charge in [-0.15, -0.1) is 0 Å². The third-order valence-corrected chi connectivity index (χ3v) is 2.68. The van der Waals surface area contributed by atoms with Crippen molar-refractivity contribution in [1.82, 2.24) is 9.55 Å². The Balaban J connectivity index is 2.62. The SMILES string of the molecule is COc1ccc(-c2nc(=O)n(C)cc2C(=O)O)cc1. The Hall–Kier alpha value is -2.63. The summed E-state index contributed by atoms with van der Waals surface area (Å²) in [7, 11) is 2.99. The molecule has 6 heteroatoms. The van der Waals surface area contributed by atoms with E-state index in [1.807, 2.05) is 0 Å². The van der Waals surface area contributed by atoms with Gasteiger partial charge in [-0.2, -0.15) is 4.98 Å². The maximum atomic E-state index is 11.5. The lowest BCUT2D eigenvalue weighted by Gasteiger charge is -2.07. The van der Waals surface area contributed by atoms with E-state index in [0.717, 1.165) is 4.57 Å². The van der Waals surface area contributed by atoms with Gasteiger partial charge in [0.05, 0.1) is 12.8 Å². The van der Waals surface area contributed by atoms with E-state index >= 15 is 0 Å². The normalized spacial score (nSPS) is 10.2. The van der Waals surface area contributed by atoms with E-state index in [-0.39, 0.29) is 11.3 Å². The molecule has 0 aliphatic carbocycles. The number of hydrogen-bond donors (Lipinski definition) is 1. The monoisotopic (exact) mass is 260 g/mol. The van der Waals surface area contributed by atoms with E-state index in [0.29, 0.717) is 11.3 Å². The molecule has 19 heavy (non-hydrogen) atoms. The molecule has 0 aliphatic rings. The van der Waals surface area contributed by atoms with Crippen LogP contribution in [-0.4, -0.2) is 27.7 Å². The molecule has 0 aliphatic heterocycles. The third-order valence-electron chi connectivity index (χ3n) is 2.68. The number of carboxylic acids is 1. The van der Waals surface area contributed by atoms with E-state index in [4.69, 9.17) is 9.84 Å². The summed E-state index contributed by atoms with van der Waals surface area (Å²) in [5, 5.41) is 9.16. The van der Waals surface area contributed by atoms with Crippen LogP contribution in [0.1, 0.15) is 10.4 Å². The lowest BCUT2D eigenvalue weighted by Crippen LogP contribution is -2.22. The van der Waals surface area contributed by atoms with Gasteiger partial charge >= 0.3 is 11.7 Å². The number of carboxylic acid groups (broad SMARTS) is 1. The molecule has 1 heterocycles. The van der Waals surface area contributed by atoms with Crippen molar-refractivity contribution in [3.63, 3.8) is 0 Å². The standard InChI is InChI=1S/C13H12N2O4/c1-15-7-10(12(16)17)11(14-13(15)18)8-3-5-9(19-2)6-4-8/h3-7H,1-2H3,(H,16,17). The summed E-state index contributed by atoms with van der Waals surface area (Å²) in [5.41, 5.74) is 0.178. The number of rotatable bonds is 3. The Morgan fingerprint density at radius 3 is 2.47 bits per heavy atom. The average Bonchev–Trinajstić information content (AvgIpc) is 2.41. The van der Waals surface area contributed by atoms with Crippen LogP contribution in [0, 0.1) is 0 Å². The first-order valence-corrected chi connectivity index (χ1v) is 5.48. The van der Waals surface area contributed by atoms with Gasteiger partial charge in [-0.3, -0.25) is 0 Å². The Bertz CT molecular complexity index is 674. The first-order valence-electron chi connectivity index (χ1n) is 5.48. The highest BCUT2D eigenvalue weighted by atomic mass is 16.5. The number of hydrogen-bond acceptors (Lipinski definition) is 4. The predicted octanol–water partition coefficient (Wildman–Crippen LogP) is 1.15. The van der Waals surface area contributed by atoms with Gasteiger partial charge in [0.25, 0.3) is 0 Å². The second-order valence-corrected chi connectivity index (χ2v) is 3.93. The zero-order chi connectivity index (χ0) is 14.0. The molecular formula is C13H12N2O4. The molecule has 0 saturated heterocycles. The number of methoxy groups -OCH3 is 1. The number of aryl methyl sites for hydroxylation is 1. The molecular weight excluding hydrogens is 248 g/mol. The minimum absolute atomic E-state index is 0.0210. The van der Waals surface area contributed by atoms with Crippen molar-refractivity contribution in [2.75, 3.05) is 7.11 Å². The average molecular weight is 260 g/mol. The Morgan fingerprint density at radius 2 is 1.95 bits per heavy atom. The summed E-state index contributed by atoms with van der Waals surface area (Å²) in [4.78, 5) is 26.6. The second kappa shape index (κ2) is 4.93. The molecule has 0 fully saturated rings. The first kappa shape index (κ1) is 12.8. The van der Waals surface area contributed by atoms with Crippen LogP contribution >= 0.6 is 0 Å². The van der Waals surface area contributed by atoms with Gasteiger partial charge in [0.2, 0.25) is 0 Å². The molecule has 0 bridgehead atoms. The van der Waals surface area contributed by atoms with E-state index in [9.17, 15) is 9.59 Å². The summed E-state index contributed by atoms with van der Waals surface area (Å²) in [6, 6.07) is 6.68. The van der Waals surface area contributed by atoms with Crippen molar-refractivity contribution in [2.24, 2.45) is 7.05 Å². The molecule has 0 atom stereocenters. The lowest BCUT2D eigenvalue weighted by molar-refractivity contribution is 0.0696. The van der Waals surface area contributed by atoms with E-state index in [2.05, 4.69) is 4.98 Å². The molecule has 0 saturated carbocycles. The second-order valence-electron chi connectivity index (χ2n) is 3.93. The van der Waals surface area contributed by atoms with Crippen LogP contribution in [0.4, 0.5) is 0 Å². The fourth-order valence-corrected chi connectivity index (χ4v) is 1.67. The van der Waals surface area contributed by atoms with Crippen molar-refractivity contribution >= 4 is 5.97 Å². The van der Waals surface area contributed by atoms with Crippen LogP contribution in [0.25, 0.3) is 11.3 Å². The number of aromatic nitrogens is 2. The molecule has 0 amide bonds. The fraction of sp³-hybridized carbons (Fsp3) is 0.154. The van der Waals surface area contributed by atoms with Gasteiger partial charge in [-0.25, -0.2) is 9.59 Å². The summed E-state index contributed by atoms with van der Waals surface area (Å²) < 4.78 is 6.16. The van der Waals surface area contributed by atoms with E-state index < -0.39 is 11.7 Å². The minimum Gasteiger partial charge on any atom is -0.497 e. The van der Waals surface area contributed by atoms with Gasteiger partial charge in [0.1, 0.15) is 11.3 Å². The van der Waals surface area contributed by atoms with Gasteiger partial charge in [0.15, 0.2) is 0 Å². The maximum Gasteiger partial charge on any atom is 0.347 e. The molecule has 1 aromatic carbocycles. The Labute approximate surface area is 108 Å². The Morgan fingerprint density at radius 1 is 1.32 bits per heavy atom. The van der Waals surface area contributed by atoms with Gasteiger partial charge < -0.3 is 14.4 Å². The quantitative estimate of drug-likeness (QED) is 0.895. The molecule has 0 unspecified atom stereocenters. The van der Waals surface area contributed by atoms with Crippen molar-refractivity contribution in [2.45, 2.75) is 0 Å². The zero-order valence-electron chi connectivity index (χ0n) is 10.5. The molecule has 98 valence electrons. The van der Waals surface area contributed by atoms with Gasteiger partial charge in [-0.05, 0) is 24.3 Å². The highest BCUT2D eigenvalue weighted by Crippen LogP contribution is 2.22. The van der Waals surface area contributed by atoms with Gasteiger partial charge in [-0.1, -0.05) is 0 Å². The number of aromatic carboxylic acids is 1. The van der Waals surface area contributed by atoms with E-state index in [1.165, 1.54) is 20.4 Å². The molecule has 1 aromatic heterocycles. The van der Waals surface area contributed by atoms with Crippen LogP contribution in [0.2, 0.25) is 0 Å². The zero-order valence-corrected chi connectivity index (χ0v) is 10.5. The van der Waals surface area contributed by atoms with E-state index in [1.54, 1.807) is 24.3 Å². The van der Waals surface area contributed by atoms with Crippen LogP contribution < -0.4 is 10.4 Å². The first-order chi connectivity index (χ1) is 9.02. The third kappa shape index (κ3) is 2.47. The van der Waals surface area contributed by atoms with Crippen molar-refractivity contribution in [3.05, 3.63) is 46.5 Å². The summed E-state index contributed by atoms with van der Waals surface area (Å²) >= 11 is 0. The van der Waals surface area contributed by atoms with Crippen LogP contribution in [-0.2, 0) is 7.05 Å². The maximum absolute atomic E-state index is 11.5. The predicted molar refractivity (Wildman–Crippen MR) is 68.4 cm³/mol. The topological polar surface area (TPSA) is 81.4 Å². The summed E-state index contributed by atoms with van der Waals surface area (Å²) in [6.07, 6.45) is 1.26. The number of nitrogens with zero attached hydrogens (tertiary/aromatic N) is 2. The number of benzene rings is 1. The smallest absolute Gasteiger partial charge is 0.347 e. The minimum atomic E-state index is -1.13. The number of carbonyl (C=O) groups is 1. The molecule has 6 nitrogen and oxygen atoms in total. The lowest BCUT2D eigenvalue weighted by atomic mass is 10.1. The Kier molecular flexibility index (Phi) is 3.33. The largest absolute Gasteiger partial charge is 0.497 e. The van der Waals surface area contributed by atoms with Crippen molar-refractivity contribution in [3.8, 4) is 17.0 Å². The van der Waals surface area contributed by atoms with Crippen molar-refractivity contribution in [1.29, 1.82) is 0 Å².